The summed E-state index contributed by atoms with van der Waals surface area (Å²) in [4.78, 5) is 15.1. The van der Waals surface area contributed by atoms with Crippen molar-refractivity contribution in [2.45, 2.75) is 39.2 Å². The Balaban J connectivity index is 2.04. The summed E-state index contributed by atoms with van der Waals surface area (Å²) < 4.78 is 0. The van der Waals surface area contributed by atoms with Crippen LogP contribution in [0.5, 0.6) is 0 Å². The van der Waals surface area contributed by atoms with Gasteiger partial charge in [-0.2, -0.15) is 0 Å². The number of nitrogens with two attached hydrogens (primary N) is 1. The number of hydrogen-bond acceptors (Lipinski definition) is 2. The highest BCUT2D eigenvalue weighted by molar-refractivity contribution is 7.80. The molecule has 1 aliphatic carbocycles. The fourth-order valence-electron chi connectivity index (χ4n) is 2.82. The van der Waals surface area contributed by atoms with Crippen LogP contribution in [0.1, 0.15) is 31.4 Å². The van der Waals surface area contributed by atoms with Crippen molar-refractivity contribution in [2.75, 3.05) is 6.54 Å². The molecular weight excluding hydrogens is 268 g/mol. The van der Waals surface area contributed by atoms with Gasteiger partial charge in [0.2, 0.25) is 5.91 Å². The number of thiocarbonyl (C=S) groups is 1. The molecule has 0 aromatic heterocycles. The van der Waals surface area contributed by atoms with Crippen LogP contribution in [-0.4, -0.2) is 28.4 Å². The maximum Gasteiger partial charge on any atom is 0.226 e. The first-order chi connectivity index (χ1) is 9.49. The zero-order valence-corrected chi connectivity index (χ0v) is 13.0. The van der Waals surface area contributed by atoms with Gasteiger partial charge in [0.25, 0.3) is 0 Å². The van der Waals surface area contributed by atoms with E-state index < -0.39 is 0 Å². The lowest BCUT2D eigenvalue weighted by molar-refractivity contribution is -0.136. The fraction of sp³-hybridized carbons (Fsp3) is 0.500. The number of amides is 1. The van der Waals surface area contributed by atoms with E-state index in [1.165, 1.54) is 11.1 Å². The van der Waals surface area contributed by atoms with Gasteiger partial charge in [-0.1, -0.05) is 36.5 Å². The molecule has 1 aliphatic rings. The topological polar surface area (TPSA) is 46.3 Å². The first-order valence-electron chi connectivity index (χ1n) is 7.14. The highest BCUT2D eigenvalue weighted by Gasteiger charge is 2.31. The molecule has 3 nitrogen and oxygen atoms in total. The van der Waals surface area contributed by atoms with E-state index in [2.05, 4.69) is 12.1 Å². The van der Waals surface area contributed by atoms with E-state index in [0.717, 1.165) is 12.8 Å². The van der Waals surface area contributed by atoms with Crippen molar-refractivity contribution >= 4 is 23.1 Å². The quantitative estimate of drug-likeness (QED) is 0.847. The predicted molar refractivity (Wildman–Crippen MR) is 85.6 cm³/mol. The molecule has 0 bridgehead atoms. The molecule has 0 radical (unpaired) electrons. The van der Waals surface area contributed by atoms with Gasteiger partial charge in [0, 0.05) is 24.9 Å². The monoisotopic (exact) mass is 290 g/mol. The molecule has 108 valence electrons. The number of nitrogens with zero attached hydrogens (tertiary/aromatic N) is 1. The van der Waals surface area contributed by atoms with E-state index in [1.54, 1.807) is 0 Å². The molecule has 20 heavy (non-hydrogen) atoms. The van der Waals surface area contributed by atoms with Gasteiger partial charge >= 0.3 is 0 Å². The molecule has 4 heteroatoms. The summed E-state index contributed by atoms with van der Waals surface area (Å²) >= 11 is 4.92. The average molecular weight is 290 g/mol. The molecule has 0 spiro atoms. The lowest BCUT2D eigenvalue weighted by Gasteiger charge is -2.29. The summed E-state index contributed by atoms with van der Waals surface area (Å²) in [5.74, 6) is 0.300. The molecule has 1 aromatic rings. The Morgan fingerprint density at radius 3 is 2.35 bits per heavy atom. The van der Waals surface area contributed by atoms with Gasteiger partial charge in [0.05, 0.1) is 4.99 Å². The van der Waals surface area contributed by atoms with E-state index in [-0.39, 0.29) is 17.9 Å². The van der Waals surface area contributed by atoms with E-state index >= 15 is 0 Å². The lowest BCUT2D eigenvalue weighted by Crippen LogP contribution is -2.42. The second-order valence-corrected chi connectivity index (χ2v) is 6.24. The number of rotatable bonds is 5. The van der Waals surface area contributed by atoms with E-state index in [9.17, 15) is 4.79 Å². The Kier molecular flexibility index (Phi) is 4.76. The van der Waals surface area contributed by atoms with Crippen LogP contribution in [0.2, 0.25) is 0 Å². The van der Waals surface area contributed by atoms with Gasteiger partial charge in [-0.05, 0) is 37.8 Å². The zero-order valence-electron chi connectivity index (χ0n) is 12.1. The van der Waals surface area contributed by atoms with Crippen LogP contribution in [-0.2, 0) is 17.6 Å². The molecule has 0 saturated heterocycles. The third kappa shape index (κ3) is 3.37. The van der Waals surface area contributed by atoms with E-state index in [4.69, 9.17) is 18.0 Å². The molecule has 0 unspecified atom stereocenters. The normalized spacial score (nSPS) is 14.3. The highest BCUT2D eigenvalue weighted by atomic mass is 32.1. The van der Waals surface area contributed by atoms with Gasteiger partial charge in [0.1, 0.15) is 0 Å². The van der Waals surface area contributed by atoms with Gasteiger partial charge in [0.15, 0.2) is 0 Å². The zero-order chi connectivity index (χ0) is 14.7. The number of hydrogen-bond donors (Lipinski definition) is 1. The van der Waals surface area contributed by atoms with Gasteiger partial charge in [-0.25, -0.2) is 0 Å². The van der Waals surface area contributed by atoms with Crippen LogP contribution < -0.4 is 5.73 Å². The fourth-order valence-corrected chi connectivity index (χ4v) is 2.91. The summed E-state index contributed by atoms with van der Waals surface area (Å²) in [5, 5.41) is 0. The standard InChI is InChI=1S/C16H22N2OS/c1-11(2)18(8-7-15(17)20)16(19)14-9-12-5-3-4-6-13(12)10-14/h3-6,11,14H,7-10H2,1-2H3,(H2,17,20). The minimum absolute atomic E-state index is 0.0705. The first-order valence-corrected chi connectivity index (χ1v) is 7.55. The van der Waals surface area contributed by atoms with Crippen molar-refractivity contribution in [1.29, 1.82) is 0 Å². The van der Waals surface area contributed by atoms with Gasteiger partial charge < -0.3 is 10.6 Å². The molecule has 2 rings (SSSR count). The van der Waals surface area contributed by atoms with Crippen molar-refractivity contribution in [3.63, 3.8) is 0 Å². The van der Waals surface area contributed by atoms with Crippen molar-refractivity contribution in [3.8, 4) is 0 Å². The molecule has 0 heterocycles. The van der Waals surface area contributed by atoms with E-state index in [0.29, 0.717) is 18.0 Å². The Bertz CT molecular complexity index is 488. The maximum absolute atomic E-state index is 12.7. The molecule has 0 atom stereocenters. The van der Waals surface area contributed by atoms with Crippen LogP contribution in [0.25, 0.3) is 0 Å². The number of benzene rings is 1. The highest BCUT2D eigenvalue weighted by Crippen LogP contribution is 2.28. The SMILES string of the molecule is CC(C)N(CCC(N)=S)C(=O)C1Cc2ccccc2C1. The third-order valence-electron chi connectivity index (χ3n) is 3.91. The largest absolute Gasteiger partial charge is 0.393 e. The Hall–Kier alpha value is -1.42. The second-order valence-electron chi connectivity index (χ2n) is 5.72. The van der Waals surface area contributed by atoms with Crippen molar-refractivity contribution in [3.05, 3.63) is 35.4 Å². The smallest absolute Gasteiger partial charge is 0.226 e. The summed E-state index contributed by atoms with van der Waals surface area (Å²) in [6.07, 6.45) is 2.30. The van der Waals surface area contributed by atoms with Crippen LogP contribution >= 0.6 is 12.2 Å². The molecule has 1 aromatic carbocycles. The Morgan fingerprint density at radius 1 is 1.35 bits per heavy atom. The molecule has 1 amide bonds. The summed E-state index contributed by atoms with van der Waals surface area (Å²) in [7, 11) is 0. The predicted octanol–water partition coefficient (Wildman–Crippen LogP) is 2.31. The van der Waals surface area contributed by atoms with E-state index in [1.807, 2.05) is 30.9 Å². The molecule has 2 N–H and O–H groups in total. The molecule has 0 saturated carbocycles. The number of fused-ring (bicyclic) bond motifs is 1. The minimum atomic E-state index is 0.0705. The van der Waals surface area contributed by atoms with Crippen LogP contribution in [0.3, 0.4) is 0 Å². The molecular formula is C16H22N2OS. The minimum Gasteiger partial charge on any atom is -0.393 e. The average Bonchev–Trinajstić information content (AvgIpc) is 2.81. The van der Waals surface area contributed by atoms with Crippen molar-refractivity contribution in [1.82, 2.24) is 4.90 Å². The number of carbonyl (C=O) groups is 1. The third-order valence-corrected chi connectivity index (χ3v) is 4.11. The second kappa shape index (κ2) is 6.35. The van der Waals surface area contributed by atoms with Crippen LogP contribution in [0, 0.1) is 5.92 Å². The number of carbonyl (C=O) groups excluding carboxylic acids is 1. The molecule has 0 aliphatic heterocycles. The first kappa shape index (κ1) is 15.0. The van der Waals surface area contributed by atoms with Crippen LogP contribution in [0.4, 0.5) is 0 Å². The van der Waals surface area contributed by atoms with Crippen molar-refractivity contribution in [2.24, 2.45) is 11.7 Å². The lowest BCUT2D eigenvalue weighted by atomic mass is 10.0. The van der Waals surface area contributed by atoms with Gasteiger partial charge in [-0.3, -0.25) is 4.79 Å². The van der Waals surface area contributed by atoms with Crippen molar-refractivity contribution < 1.29 is 4.79 Å². The summed E-state index contributed by atoms with van der Waals surface area (Å²) in [6.45, 7) is 4.71. The summed E-state index contributed by atoms with van der Waals surface area (Å²) in [5.41, 5.74) is 8.18. The summed E-state index contributed by atoms with van der Waals surface area (Å²) in [6, 6.07) is 8.51. The maximum atomic E-state index is 12.7. The molecule has 0 fully saturated rings. The Labute approximate surface area is 126 Å². The Morgan fingerprint density at radius 2 is 1.90 bits per heavy atom. The van der Waals surface area contributed by atoms with Crippen LogP contribution in [0.15, 0.2) is 24.3 Å². The van der Waals surface area contributed by atoms with Gasteiger partial charge in [-0.15, -0.1) is 0 Å².